The van der Waals surface area contributed by atoms with Gasteiger partial charge in [-0.1, -0.05) is 34.1 Å². The van der Waals surface area contributed by atoms with Crippen LogP contribution in [0.2, 0.25) is 0 Å². The lowest BCUT2D eigenvalue weighted by Crippen LogP contribution is -2.59. The molecule has 10 N–H and O–H groups in total. The lowest BCUT2D eigenvalue weighted by Gasteiger charge is -2.28. The van der Waals surface area contributed by atoms with Gasteiger partial charge in [-0.3, -0.25) is 19.2 Å². The number of hydrogen-bond donors (Lipinski definition) is 7. The lowest BCUT2D eigenvalue weighted by atomic mass is 9.96. The van der Waals surface area contributed by atoms with Crippen molar-refractivity contribution in [3.63, 3.8) is 0 Å². The number of hydrogen-bond acceptors (Lipinski definition) is 7. The number of carbonyl (C=O) groups excluding carboxylic acids is 4. The van der Waals surface area contributed by atoms with Gasteiger partial charge in [0.2, 0.25) is 23.6 Å². The summed E-state index contributed by atoms with van der Waals surface area (Å²) < 4.78 is 0. The lowest BCUT2D eigenvalue weighted by molar-refractivity contribution is -0.142. The number of unbranched alkanes of at least 4 members (excludes halogenated alkanes) is 1. The van der Waals surface area contributed by atoms with Gasteiger partial charge < -0.3 is 38.3 Å². The highest BCUT2D eigenvalue weighted by atomic mass is 16.4. The summed E-state index contributed by atoms with van der Waals surface area (Å²) in [7, 11) is 0. The highest BCUT2D eigenvalue weighted by molar-refractivity contribution is 5.95. The van der Waals surface area contributed by atoms with Gasteiger partial charge >= 0.3 is 5.97 Å². The number of nitrogens with two attached hydrogens (primary N) is 3. The van der Waals surface area contributed by atoms with Crippen molar-refractivity contribution >= 4 is 29.6 Å². The van der Waals surface area contributed by atoms with Gasteiger partial charge in [0.15, 0.2) is 0 Å². The summed E-state index contributed by atoms with van der Waals surface area (Å²) in [5.41, 5.74) is 16.2. The van der Waals surface area contributed by atoms with Crippen LogP contribution in [0.15, 0.2) is 0 Å². The first-order valence-electron chi connectivity index (χ1n) is 11.7. The Kier molecular flexibility index (Phi) is 14.7. The molecule has 0 spiro atoms. The minimum atomic E-state index is -1.21. The van der Waals surface area contributed by atoms with Crippen LogP contribution in [0.4, 0.5) is 0 Å². The van der Waals surface area contributed by atoms with Crippen molar-refractivity contribution in [2.75, 3.05) is 6.54 Å². The minimum Gasteiger partial charge on any atom is -0.480 e. The number of aliphatic carboxylic acids is 1. The Morgan fingerprint density at radius 2 is 1.47 bits per heavy atom. The zero-order valence-electron chi connectivity index (χ0n) is 20.6. The molecule has 5 unspecified atom stereocenters. The van der Waals surface area contributed by atoms with Crippen LogP contribution in [0.5, 0.6) is 0 Å². The van der Waals surface area contributed by atoms with Crippen LogP contribution in [0, 0.1) is 11.8 Å². The van der Waals surface area contributed by atoms with Crippen LogP contribution in [0.1, 0.15) is 66.2 Å². The molecule has 12 heteroatoms. The molecule has 0 fully saturated rings. The monoisotopic (exact) mass is 486 g/mol. The van der Waals surface area contributed by atoms with E-state index in [4.69, 9.17) is 17.2 Å². The van der Waals surface area contributed by atoms with Crippen molar-refractivity contribution in [2.24, 2.45) is 29.0 Å². The van der Waals surface area contributed by atoms with Crippen LogP contribution < -0.4 is 33.2 Å². The Hall–Kier alpha value is -2.73. The van der Waals surface area contributed by atoms with E-state index in [1.165, 1.54) is 0 Å². The Morgan fingerprint density at radius 1 is 0.882 bits per heavy atom. The van der Waals surface area contributed by atoms with Gasteiger partial charge in [-0.05, 0) is 44.1 Å². The standard InChI is InChI=1S/C22H42N6O6/c1-5-13(4)18(28-19(30)14(24)11-17(25)29)21(32)27-16(10-12(2)3)20(31)26-15(22(33)34)8-6-7-9-23/h12-16,18H,5-11,23-24H2,1-4H3,(H2,25,29)(H,26,31)(H,27,32)(H,28,30)(H,33,34). The molecule has 34 heavy (non-hydrogen) atoms. The molecule has 0 aromatic heterocycles. The molecule has 12 nitrogen and oxygen atoms in total. The fourth-order valence-corrected chi connectivity index (χ4v) is 3.26. The summed E-state index contributed by atoms with van der Waals surface area (Å²) >= 11 is 0. The highest BCUT2D eigenvalue weighted by Crippen LogP contribution is 2.12. The molecule has 0 aromatic carbocycles. The number of primary amides is 1. The number of carboxylic acids is 1. The molecule has 5 atom stereocenters. The predicted octanol–water partition coefficient (Wildman–Crippen LogP) is -1.05. The second kappa shape index (κ2) is 16.0. The second-order valence-corrected chi connectivity index (χ2v) is 9.02. The molecular weight excluding hydrogens is 444 g/mol. The first kappa shape index (κ1) is 31.3. The molecular formula is C22H42N6O6. The van der Waals surface area contributed by atoms with Crippen molar-refractivity contribution in [1.29, 1.82) is 0 Å². The molecule has 0 aliphatic carbocycles. The van der Waals surface area contributed by atoms with Crippen LogP contribution in [-0.4, -0.2) is 65.4 Å². The number of carboxylic acid groups (broad SMARTS) is 1. The van der Waals surface area contributed by atoms with Crippen molar-refractivity contribution in [3.05, 3.63) is 0 Å². The summed E-state index contributed by atoms with van der Waals surface area (Å²) in [6.45, 7) is 7.72. The van der Waals surface area contributed by atoms with Crippen molar-refractivity contribution < 1.29 is 29.1 Å². The maximum atomic E-state index is 13.1. The molecule has 0 aromatic rings. The smallest absolute Gasteiger partial charge is 0.326 e. The van der Waals surface area contributed by atoms with Gasteiger partial charge in [-0.25, -0.2) is 4.79 Å². The largest absolute Gasteiger partial charge is 0.480 e. The van der Waals surface area contributed by atoms with Gasteiger partial charge in [-0.2, -0.15) is 0 Å². The van der Waals surface area contributed by atoms with Gasteiger partial charge in [0.25, 0.3) is 0 Å². The maximum Gasteiger partial charge on any atom is 0.326 e. The van der Waals surface area contributed by atoms with Crippen molar-refractivity contribution in [3.8, 4) is 0 Å². The van der Waals surface area contributed by atoms with E-state index in [0.717, 1.165) is 0 Å². The number of rotatable bonds is 17. The first-order valence-corrected chi connectivity index (χ1v) is 11.7. The molecule has 4 amide bonds. The molecule has 0 aliphatic rings. The SMILES string of the molecule is CCC(C)C(NC(=O)C(N)CC(N)=O)C(=O)NC(CC(C)C)C(=O)NC(CCCCN)C(=O)O. The topological polar surface area (TPSA) is 220 Å². The molecule has 0 saturated heterocycles. The second-order valence-electron chi connectivity index (χ2n) is 9.02. The normalized spacial score (nSPS) is 15.5. The summed E-state index contributed by atoms with van der Waals surface area (Å²) in [6.07, 6.45) is 1.79. The third-order valence-electron chi connectivity index (χ3n) is 5.45. The zero-order chi connectivity index (χ0) is 26.4. The Balaban J connectivity index is 5.51. The molecule has 196 valence electrons. The van der Waals surface area contributed by atoms with Crippen LogP contribution in [0.3, 0.4) is 0 Å². The number of amides is 4. The predicted molar refractivity (Wildman–Crippen MR) is 127 cm³/mol. The Bertz CT molecular complexity index is 701. The maximum absolute atomic E-state index is 13.1. The van der Waals surface area contributed by atoms with E-state index < -0.39 is 53.8 Å². The molecule has 0 rings (SSSR count). The minimum absolute atomic E-state index is 0.0113. The van der Waals surface area contributed by atoms with E-state index in [1.807, 2.05) is 20.8 Å². The molecule has 0 saturated carbocycles. The van der Waals surface area contributed by atoms with Gasteiger partial charge in [0, 0.05) is 0 Å². The molecule has 0 heterocycles. The van der Waals surface area contributed by atoms with Gasteiger partial charge in [0.05, 0.1) is 12.5 Å². The van der Waals surface area contributed by atoms with Gasteiger partial charge in [-0.15, -0.1) is 0 Å². The fourth-order valence-electron chi connectivity index (χ4n) is 3.26. The average molecular weight is 487 g/mol. The van der Waals surface area contributed by atoms with E-state index in [-0.39, 0.29) is 31.1 Å². The molecule has 0 aliphatic heterocycles. The van der Waals surface area contributed by atoms with E-state index in [9.17, 15) is 29.1 Å². The average Bonchev–Trinajstić information content (AvgIpc) is 2.74. The van der Waals surface area contributed by atoms with Crippen molar-refractivity contribution in [2.45, 2.75) is 90.4 Å². The van der Waals surface area contributed by atoms with Gasteiger partial charge in [0.1, 0.15) is 18.1 Å². The van der Waals surface area contributed by atoms with E-state index >= 15 is 0 Å². The highest BCUT2D eigenvalue weighted by Gasteiger charge is 2.32. The number of carbonyl (C=O) groups is 5. The van der Waals surface area contributed by atoms with E-state index in [0.29, 0.717) is 25.8 Å². The summed E-state index contributed by atoms with van der Waals surface area (Å²) in [6, 6.07) is -4.34. The van der Waals surface area contributed by atoms with Crippen LogP contribution in [-0.2, 0) is 24.0 Å². The van der Waals surface area contributed by atoms with E-state index in [2.05, 4.69) is 16.0 Å². The zero-order valence-corrected chi connectivity index (χ0v) is 20.6. The molecule has 0 bridgehead atoms. The summed E-state index contributed by atoms with van der Waals surface area (Å²) in [5.74, 6) is -4.16. The van der Waals surface area contributed by atoms with Crippen LogP contribution >= 0.6 is 0 Å². The third kappa shape index (κ3) is 11.9. The Labute approximate surface area is 201 Å². The van der Waals surface area contributed by atoms with Crippen molar-refractivity contribution in [1.82, 2.24) is 16.0 Å². The quantitative estimate of drug-likeness (QED) is 0.125. The number of nitrogens with one attached hydrogen (secondary N) is 3. The molecule has 0 radical (unpaired) electrons. The van der Waals surface area contributed by atoms with E-state index in [1.54, 1.807) is 6.92 Å². The third-order valence-corrected chi connectivity index (χ3v) is 5.45. The summed E-state index contributed by atoms with van der Waals surface area (Å²) in [4.78, 5) is 61.0. The summed E-state index contributed by atoms with van der Waals surface area (Å²) in [5, 5.41) is 17.1. The van der Waals surface area contributed by atoms with Crippen LogP contribution in [0.25, 0.3) is 0 Å². The Morgan fingerprint density at radius 3 is 1.94 bits per heavy atom. The fraction of sp³-hybridized carbons (Fsp3) is 0.773. The first-order chi connectivity index (χ1) is 15.8.